The molecular weight excluding hydrogens is 252 g/mol. The van der Waals surface area contributed by atoms with Crippen LogP contribution in [0.5, 0.6) is 0 Å². The highest BCUT2D eigenvalue weighted by atomic mass is 16.4. The number of nitrogens with zero attached hydrogens (tertiary/aromatic N) is 3. The molecule has 2 atom stereocenters. The van der Waals surface area contributed by atoms with Crippen LogP contribution in [-0.2, 0) is 11.8 Å². The van der Waals surface area contributed by atoms with Crippen molar-refractivity contribution in [2.75, 3.05) is 11.4 Å². The Morgan fingerprint density at radius 2 is 2.11 bits per heavy atom. The number of carbonyl (C=O) groups is 2. The molecule has 1 fully saturated rings. The molecule has 8 nitrogen and oxygen atoms in total. The van der Waals surface area contributed by atoms with E-state index in [1.165, 1.54) is 9.58 Å². The Balaban J connectivity index is 2.52. The van der Waals surface area contributed by atoms with E-state index in [9.17, 15) is 19.8 Å². The number of hydrogen-bond donors (Lipinski definition) is 3. The summed E-state index contributed by atoms with van der Waals surface area (Å²) in [5.41, 5.74) is 5.96. The zero-order chi connectivity index (χ0) is 14.3. The second kappa shape index (κ2) is 4.54. The Bertz CT molecular complexity index is 539. The van der Waals surface area contributed by atoms with Crippen LogP contribution in [0, 0.1) is 6.92 Å². The van der Waals surface area contributed by atoms with Gasteiger partial charge in [0.2, 0.25) is 0 Å². The van der Waals surface area contributed by atoms with Gasteiger partial charge in [0.05, 0.1) is 11.8 Å². The van der Waals surface area contributed by atoms with E-state index in [1.807, 2.05) is 0 Å². The van der Waals surface area contributed by atoms with Gasteiger partial charge < -0.3 is 20.8 Å². The third-order valence-corrected chi connectivity index (χ3v) is 3.27. The zero-order valence-corrected chi connectivity index (χ0v) is 10.7. The Morgan fingerprint density at radius 3 is 2.63 bits per heavy atom. The van der Waals surface area contributed by atoms with E-state index >= 15 is 0 Å². The van der Waals surface area contributed by atoms with E-state index in [-0.39, 0.29) is 18.5 Å². The standard InChI is InChI=1S/C11H16N4O4/c1-5-8(9(12)17)10(14(2)13-5)15-4-6(16)3-7(15)11(18)19/h6-7,16H,3-4H2,1-2H3,(H2,12,17)(H,18,19). The van der Waals surface area contributed by atoms with E-state index in [4.69, 9.17) is 5.73 Å². The number of rotatable bonds is 3. The van der Waals surface area contributed by atoms with Crippen molar-refractivity contribution in [1.82, 2.24) is 9.78 Å². The van der Waals surface area contributed by atoms with Gasteiger partial charge in [-0.2, -0.15) is 5.10 Å². The number of anilines is 1. The van der Waals surface area contributed by atoms with Crippen molar-refractivity contribution in [3.63, 3.8) is 0 Å². The van der Waals surface area contributed by atoms with E-state index < -0.39 is 24.0 Å². The quantitative estimate of drug-likeness (QED) is 0.636. The average molecular weight is 268 g/mol. The number of aliphatic carboxylic acids is 1. The summed E-state index contributed by atoms with van der Waals surface area (Å²) in [4.78, 5) is 24.2. The van der Waals surface area contributed by atoms with E-state index in [1.54, 1.807) is 14.0 Å². The van der Waals surface area contributed by atoms with Crippen LogP contribution in [0.1, 0.15) is 22.5 Å². The fourth-order valence-corrected chi connectivity index (χ4v) is 2.55. The number of carbonyl (C=O) groups excluding carboxylic acids is 1. The van der Waals surface area contributed by atoms with Gasteiger partial charge in [-0.1, -0.05) is 0 Å². The van der Waals surface area contributed by atoms with Crippen LogP contribution in [0.25, 0.3) is 0 Å². The molecule has 0 aliphatic carbocycles. The smallest absolute Gasteiger partial charge is 0.326 e. The minimum absolute atomic E-state index is 0.109. The number of carboxylic acids is 1. The maximum atomic E-state index is 11.5. The Morgan fingerprint density at radius 1 is 1.47 bits per heavy atom. The number of carboxylic acid groups (broad SMARTS) is 1. The van der Waals surface area contributed by atoms with Crippen LogP contribution < -0.4 is 10.6 Å². The molecule has 1 aliphatic heterocycles. The molecule has 1 saturated heterocycles. The molecular formula is C11H16N4O4. The van der Waals surface area contributed by atoms with Gasteiger partial charge in [0.25, 0.3) is 5.91 Å². The van der Waals surface area contributed by atoms with Crippen LogP contribution in [0.2, 0.25) is 0 Å². The number of aryl methyl sites for hydroxylation is 2. The number of aromatic nitrogens is 2. The van der Waals surface area contributed by atoms with Crippen molar-refractivity contribution in [1.29, 1.82) is 0 Å². The number of aliphatic hydroxyl groups excluding tert-OH is 1. The van der Waals surface area contributed by atoms with Crippen molar-refractivity contribution in [2.45, 2.75) is 25.5 Å². The maximum absolute atomic E-state index is 11.5. The summed E-state index contributed by atoms with van der Waals surface area (Å²) in [6, 6.07) is -0.886. The molecule has 19 heavy (non-hydrogen) atoms. The number of aliphatic hydroxyl groups is 1. The van der Waals surface area contributed by atoms with Gasteiger partial charge in [0.15, 0.2) is 0 Å². The predicted octanol–water partition coefficient (Wildman–Crippen LogP) is -1.15. The van der Waals surface area contributed by atoms with Crippen LogP contribution in [-0.4, -0.2) is 50.6 Å². The molecule has 0 aromatic carbocycles. The predicted molar refractivity (Wildman–Crippen MR) is 65.9 cm³/mol. The number of nitrogens with two attached hydrogens (primary N) is 1. The Labute approximate surface area is 109 Å². The minimum atomic E-state index is -1.05. The first-order valence-corrected chi connectivity index (χ1v) is 5.83. The summed E-state index contributed by atoms with van der Waals surface area (Å²) in [6.07, 6.45) is -0.644. The van der Waals surface area contributed by atoms with Crippen molar-refractivity contribution in [3.05, 3.63) is 11.3 Å². The van der Waals surface area contributed by atoms with Crippen LogP contribution in [0.3, 0.4) is 0 Å². The number of primary amides is 1. The lowest BCUT2D eigenvalue weighted by Gasteiger charge is -2.24. The monoisotopic (exact) mass is 268 g/mol. The third kappa shape index (κ3) is 2.14. The van der Waals surface area contributed by atoms with Crippen molar-refractivity contribution >= 4 is 17.7 Å². The molecule has 2 heterocycles. The van der Waals surface area contributed by atoms with Gasteiger partial charge in [0, 0.05) is 20.0 Å². The van der Waals surface area contributed by atoms with E-state index in [0.717, 1.165) is 0 Å². The third-order valence-electron chi connectivity index (χ3n) is 3.27. The molecule has 0 bridgehead atoms. The number of amides is 1. The van der Waals surface area contributed by atoms with Crippen LogP contribution >= 0.6 is 0 Å². The first-order chi connectivity index (χ1) is 8.82. The molecule has 2 rings (SSSR count). The molecule has 0 radical (unpaired) electrons. The van der Waals surface area contributed by atoms with Crippen LogP contribution in [0.4, 0.5) is 5.82 Å². The Hall–Kier alpha value is -2.09. The molecule has 0 saturated carbocycles. The molecule has 2 unspecified atom stereocenters. The molecule has 1 aromatic heterocycles. The second-order valence-electron chi connectivity index (χ2n) is 4.67. The van der Waals surface area contributed by atoms with Crippen molar-refractivity contribution < 1.29 is 19.8 Å². The summed E-state index contributed by atoms with van der Waals surface area (Å²) >= 11 is 0. The van der Waals surface area contributed by atoms with Gasteiger partial charge in [-0.25, -0.2) is 4.79 Å². The van der Waals surface area contributed by atoms with Gasteiger partial charge in [-0.3, -0.25) is 9.48 Å². The molecule has 8 heteroatoms. The number of β-amino-alcohol motifs (C(OH)–C–C–N with tert-alkyl or cyclic N) is 1. The van der Waals surface area contributed by atoms with E-state index in [2.05, 4.69) is 5.10 Å². The Kier molecular flexibility index (Phi) is 3.19. The van der Waals surface area contributed by atoms with Crippen molar-refractivity contribution in [2.24, 2.45) is 12.8 Å². The highest BCUT2D eigenvalue weighted by Crippen LogP contribution is 2.30. The lowest BCUT2D eigenvalue weighted by molar-refractivity contribution is -0.138. The number of hydrogen-bond acceptors (Lipinski definition) is 5. The van der Waals surface area contributed by atoms with Crippen LogP contribution in [0.15, 0.2) is 0 Å². The maximum Gasteiger partial charge on any atom is 0.326 e. The molecule has 4 N–H and O–H groups in total. The molecule has 1 aromatic rings. The molecule has 1 aliphatic rings. The van der Waals surface area contributed by atoms with Gasteiger partial charge in [0.1, 0.15) is 17.4 Å². The highest BCUT2D eigenvalue weighted by Gasteiger charge is 2.39. The summed E-state index contributed by atoms with van der Waals surface area (Å²) in [5.74, 6) is -1.37. The summed E-state index contributed by atoms with van der Waals surface area (Å²) in [5, 5.41) is 22.9. The van der Waals surface area contributed by atoms with Crippen molar-refractivity contribution in [3.8, 4) is 0 Å². The first-order valence-electron chi connectivity index (χ1n) is 5.83. The van der Waals surface area contributed by atoms with Gasteiger partial charge >= 0.3 is 5.97 Å². The molecule has 1 amide bonds. The zero-order valence-electron chi connectivity index (χ0n) is 10.7. The lowest BCUT2D eigenvalue weighted by Crippen LogP contribution is -2.38. The topological polar surface area (TPSA) is 122 Å². The average Bonchev–Trinajstić information content (AvgIpc) is 2.78. The SMILES string of the molecule is Cc1nn(C)c(N2CC(O)CC2C(=O)O)c1C(N)=O. The summed E-state index contributed by atoms with van der Waals surface area (Å²) in [6.45, 7) is 1.77. The fourth-order valence-electron chi connectivity index (χ4n) is 2.55. The second-order valence-corrected chi connectivity index (χ2v) is 4.67. The first kappa shape index (κ1) is 13.3. The minimum Gasteiger partial charge on any atom is -0.480 e. The molecule has 0 spiro atoms. The molecule has 104 valence electrons. The summed E-state index contributed by atoms with van der Waals surface area (Å²) < 4.78 is 1.42. The highest BCUT2D eigenvalue weighted by molar-refractivity contribution is 5.99. The van der Waals surface area contributed by atoms with Gasteiger partial charge in [-0.15, -0.1) is 0 Å². The van der Waals surface area contributed by atoms with Gasteiger partial charge in [-0.05, 0) is 6.92 Å². The summed E-state index contributed by atoms with van der Waals surface area (Å²) in [7, 11) is 1.61. The lowest BCUT2D eigenvalue weighted by atomic mass is 10.2. The normalized spacial score (nSPS) is 22.8. The van der Waals surface area contributed by atoms with E-state index in [0.29, 0.717) is 11.5 Å². The largest absolute Gasteiger partial charge is 0.480 e. The fraction of sp³-hybridized carbons (Fsp3) is 0.545.